The first kappa shape index (κ1) is 13.9. The first-order chi connectivity index (χ1) is 10.6. The molecule has 0 aliphatic carbocycles. The van der Waals surface area contributed by atoms with Crippen LogP contribution in [0.15, 0.2) is 48.5 Å². The van der Waals surface area contributed by atoms with Crippen molar-refractivity contribution in [2.24, 2.45) is 0 Å². The fourth-order valence-electron chi connectivity index (χ4n) is 2.20. The third-order valence-corrected chi connectivity index (χ3v) is 3.19. The maximum atomic E-state index is 13.1. The molecule has 110 valence electrons. The minimum Gasteiger partial charge on any atom is -0.329 e. The number of imide groups is 1. The van der Waals surface area contributed by atoms with Gasteiger partial charge in [0.1, 0.15) is 5.82 Å². The Bertz CT molecular complexity index is 752. The zero-order valence-corrected chi connectivity index (χ0v) is 11.3. The van der Waals surface area contributed by atoms with Gasteiger partial charge in [0, 0.05) is 0 Å². The highest BCUT2D eigenvalue weighted by Gasteiger charge is 2.38. The number of carbonyl (C=O) groups excluding carboxylic acids is 3. The van der Waals surface area contributed by atoms with Crippen molar-refractivity contribution >= 4 is 17.8 Å². The molecule has 6 heteroatoms. The fourth-order valence-corrected chi connectivity index (χ4v) is 2.20. The standard InChI is InChI=1S/C16H10FNO4/c17-11-5-3-4-10(8-11)9-14(19)22-18-15(20)12-6-1-2-7-13(12)16(18)21/h1-8H,9H2. The predicted molar refractivity (Wildman–Crippen MR) is 73.1 cm³/mol. The van der Waals surface area contributed by atoms with Gasteiger partial charge in [-0.25, -0.2) is 9.18 Å². The van der Waals surface area contributed by atoms with Crippen molar-refractivity contribution in [2.75, 3.05) is 0 Å². The van der Waals surface area contributed by atoms with Crippen LogP contribution >= 0.6 is 0 Å². The van der Waals surface area contributed by atoms with Gasteiger partial charge in [-0.15, -0.1) is 0 Å². The van der Waals surface area contributed by atoms with Gasteiger partial charge >= 0.3 is 5.97 Å². The molecule has 2 aromatic carbocycles. The minimum atomic E-state index is -0.819. The Balaban J connectivity index is 1.73. The van der Waals surface area contributed by atoms with Gasteiger partial charge in [-0.1, -0.05) is 29.3 Å². The summed E-state index contributed by atoms with van der Waals surface area (Å²) in [6, 6.07) is 11.6. The summed E-state index contributed by atoms with van der Waals surface area (Å²) < 4.78 is 13.1. The van der Waals surface area contributed by atoms with E-state index in [9.17, 15) is 18.8 Å². The summed E-state index contributed by atoms with van der Waals surface area (Å²) in [7, 11) is 0. The number of carbonyl (C=O) groups is 3. The molecule has 22 heavy (non-hydrogen) atoms. The summed E-state index contributed by atoms with van der Waals surface area (Å²) in [4.78, 5) is 40.7. The minimum absolute atomic E-state index is 0.186. The van der Waals surface area contributed by atoms with E-state index in [1.807, 2.05) is 0 Å². The summed E-state index contributed by atoms with van der Waals surface area (Å²) in [5.74, 6) is -2.67. The molecule has 2 amide bonds. The van der Waals surface area contributed by atoms with E-state index in [1.165, 1.54) is 30.3 Å². The first-order valence-electron chi connectivity index (χ1n) is 6.49. The van der Waals surface area contributed by atoms with Crippen molar-refractivity contribution in [3.63, 3.8) is 0 Å². The largest absolute Gasteiger partial charge is 0.337 e. The Hall–Kier alpha value is -3.02. The molecule has 3 rings (SSSR count). The van der Waals surface area contributed by atoms with Crippen LogP contribution < -0.4 is 0 Å². The molecule has 1 aliphatic rings. The molecule has 0 radical (unpaired) electrons. The molecule has 1 aliphatic heterocycles. The molecule has 0 fully saturated rings. The summed E-state index contributed by atoms with van der Waals surface area (Å²) in [5, 5.41) is 0.437. The summed E-state index contributed by atoms with van der Waals surface area (Å²) in [6.45, 7) is 0. The Morgan fingerprint density at radius 1 is 1.00 bits per heavy atom. The van der Waals surface area contributed by atoms with Gasteiger partial charge in [0.2, 0.25) is 0 Å². The molecule has 0 aromatic heterocycles. The van der Waals surface area contributed by atoms with E-state index >= 15 is 0 Å². The molecule has 0 saturated carbocycles. The Kier molecular flexibility index (Phi) is 3.42. The molecule has 1 heterocycles. The molecule has 0 bridgehead atoms. The van der Waals surface area contributed by atoms with Gasteiger partial charge in [-0.05, 0) is 29.8 Å². The molecule has 0 N–H and O–H groups in total. The Labute approximate surface area is 124 Å². The van der Waals surface area contributed by atoms with Crippen molar-refractivity contribution in [2.45, 2.75) is 6.42 Å². The molecular formula is C16H10FNO4. The number of hydrogen-bond acceptors (Lipinski definition) is 4. The van der Waals surface area contributed by atoms with Crippen molar-refractivity contribution in [3.8, 4) is 0 Å². The molecule has 2 aromatic rings. The normalized spacial score (nSPS) is 13.2. The van der Waals surface area contributed by atoms with Crippen LogP contribution in [0.25, 0.3) is 0 Å². The lowest BCUT2D eigenvalue weighted by atomic mass is 10.1. The van der Waals surface area contributed by atoms with E-state index < -0.39 is 23.6 Å². The molecule has 0 saturated heterocycles. The van der Waals surface area contributed by atoms with Crippen LogP contribution in [0, 0.1) is 5.82 Å². The van der Waals surface area contributed by atoms with E-state index in [-0.39, 0.29) is 17.5 Å². The summed E-state index contributed by atoms with van der Waals surface area (Å²) in [6.07, 6.45) is -0.245. The van der Waals surface area contributed by atoms with E-state index in [2.05, 4.69) is 0 Å². The van der Waals surface area contributed by atoms with Crippen LogP contribution in [-0.4, -0.2) is 22.8 Å². The summed E-state index contributed by atoms with van der Waals surface area (Å²) in [5.41, 5.74) is 0.763. The highest BCUT2D eigenvalue weighted by atomic mass is 19.1. The molecule has 0 unspecified atom stereocenters. The van der Waals surface area contributed by atoms with Crippen LogP contribution in [-0.2, 0) is 16.1 Å². The molecular weight excluding hydrogens is 289 g/mol. The zero-order valence-electron chi connectivity index (χ0n) is 11.3. The number of amides is 2. The Morgan fingerprint density at radius 2 is 1.64 bits per heavy atom. The number of nitrogens with zero attached hydrogens (tertiary/aromatic N) is 1. The number of rotatable bonds is 3. The third-order valence-electron chi connectivity index (χ3n) is 3.19. The second-order valence-electron chi connectivity index (χ2n) is 4.72. The Morgan fingerprint density at radius 3 is 2.23 bits per heavy atom. The quantitative estimate of drug-likeness (QED) is 0.814. The lowest BCUT2D eigenvalue weighted by Gasteiger charge is -2.12. The summed E-state index contributed by atoms with van der Waals surface area (Å²) >= 11 is 0. The van der Waals surface area contributed by atoms with Gasteiger partial charge in [-0.3, -0.25) is 9.59 Å². The fraction of sp³-hybridized carbons (Fsp3) is 0.0625. The monoisotopic (exact) mass is 299 g/mol. The van der Waals surface area contributed by atoms with E-state index in [0.29, 0.717) is 10.6 Å². The van der Waals surface area contributed by atoms with E-state index in [4.69, 9.17) is 4.84 Å². The number of halogens is 1. The average molecular weight is 299 g/mol. The van der Waals surface area contributed by atoms with Gasteiger partial charge in [0.15, 0.2) is 0 Å². The smallest absolute Gasteiger partial charge is 0.329 e. The highest BCUT2D eigenvalue weighted by Crippen LogP contribution is 2.22. The van der Waals surface area contributed by atoms with Gasteiger partial charge < -0.3 is 4.84 Å². The molecule has 0 spiro atoms. The van der Waals surface area contributed by atoms with Gasteiger partial charge in [0.05, 0.1) is 17.5 Å². The van der Waals surface area contributed by atoms with Gasteiger partial charge in [-0.2, -0.15) is 0 Å². The molecule has 0 atom stereocenters. The highest BCUT2D eigenvalue weighted by molar-refractivity contribution is 6.20. The number of fused-ring (bicyclic) bond motifs is 1. The predicted octanol–water partition coefficient (Wildman–Crippen LogP) is 2.12. The van der Waals surface area contributed by atoms with Crippen LogP contribution in [0.5, 0.6) is 0 Å². The second kappa shape index (κ2) is 5.40. The van der Waals surface area contributed by atoms with Crippen molar-refractivity contribution in [3.05, 3.63) is 71.0 Å². The number of hydrogen-bond donors (Lipinski definition) is 0. The lowest BCUT2D eigenvalue weighted by Crippen LogP contribution is -2.33. The third kappa shape index (κ3) is 2.46. The SMILES string of the molecule is O=C(Cc1cccc(F)c1)ON1C(=O)c2ccccc2C1=O. The van der Waals surface area contributed by atoms with Crippen molar-refractivity contribution < 1.29 is 23.6 Å². The van der Waals surface area contributed by atoms with Crippen molar-refractivity contribution in [1.82, 2.24) is 5.06 Å². The first-order valence-corrected chi connectivity index (χ1v) is 6.49. The van der Waals surface area contributed by atoms with E-state index in [0.717, 1.165) is 0 Å². The average Bonchev–Trinajstić information content (AvgIpc) is 2.73. The number of benzene rings is 2. The maximum Gasteiger partial charge on any atom is 0.337 e. The lowest BCUT2D eigenvalue weighted by molar-refractivity contribution is -0.167. The number of hydroxylamine groups is 2. The maximum absolute atomic E-state index is 13.1. The van der Waals surface area contributed by atoms with Crippen molar-refractivity contribution in [1.29, 1.82) is 0 Å². The van der Waals surface area contributed by atoms with Crippen LogP contribution in [0.4, 0.5) is 4.39 Å². The molecule has 5 nitrogen and oxygen atoms in total. The van der Waals surface area contributed by atoms with E-state index in [1.54, 1.807) is 18.2 Å². The topological polar surface area (TPSA) is 63.7 Å². The zero-order chi connectivity index (χ0) is 15.7. The van der Waals surface area contributed by atoms with Crippen LogP contribution in [0.3, 0.4) is 0 Å². The van der Waals surface area contributed by atoms with Gasteiger partial charge in [0.25, 0.3) is 11.8 Å². The second-order valence-corrected chi connectivity index (χ2v) is 4.72. The van der Waals surface area contributed by atoms with Crippen LogP contribution in [0.1, 0.15) is 26.3 Å². The van der Waals surface area contributed by atoms with Crippen LogP contribution in [0.2, 0.25) is 0 Å².